The van der Waals surface area contributed by atoms with Crippen molar-refractivity contribution >= 4 is 0 Å². The van der Waals surface area contributed by atoms with Crippen LogP contribution in [0.1, 0.15) is 30.0 Å². The summed E-state index contributed by atoms with van der Waals surface area (Å²) in [6.07, 6.45) is 0.616. The predicted molar refractivity (Wildman–Crippen MR) is 111 cm³/mol. The summed E-state index contributed by atoms with van der Waals surface area (Å²) >= 11 is 0. The molecule has 2 N–H and O–H groups in total. The average molecular weight is 421 g/mol. The minimum Gasteiger partial charge on any atom is -0.494 e. The molecule has 1 heterocycles. The Hall–Kier alpha value is -2.06. The van der Waals surface area contributed by atoms with Crippen LogP contribution in [-0.4, -0.2) is 58.9 Å². The van der Waals surface area contributed by atoms with Crippen molar-refractivity contribution in [3.05, 3.63) is 64.7 Å². The quantitative estimate of drug-likeness (QED) is 0.653. The molecule has 0 spiro atoms. The molecule has 1 aliphatic heterocycles. The summed E-state index contributed by atoms with van der Waals surface area (Å²) in [7, 11) is 0. The Morgan fingerprint density at radius 1 is 1.00 bits per heavy atom. The molecule has 2 aromatic rings. The van der Waals surface area contributed by atoms with Gasteiger partial charge in [0.15, 0.2) is 11.6 Å². The van der Waals surface area contributed by atoms with Crippen LogP contribution in [-0.2, 0) is 19.7 Å². The van der Waals surface area contributed by atoms with Crippen molar-refractivity contribution in [2.75, 3.05) is 32.8 Å². The maximum atomic E-state index is 13.6. The van der Waals surface area contributed by atoms with E-state index in [9.17, 15) is 19.0 Å². The Balaban J connectivity index is 1.65. The molecular weight excluding hydrogens is 390 g/mol. The Labute approximate surface area is 176 Å². The van der Waals surface area contributed by atoms with Crippen LogP contribution < -0.4 is 4.74 Å². The molecule has 30 heavy (non-hydrogen) atoms. The number of hydrogen-bond donors (Lipinski definition) is 2. The number of benzene rings is 2. The second-order valence-corrected chi connectivity index (χ2v) is 7.65. The Bertz CT molecular complexity index is 834. The zero-order chi connectivity index (χ0) is 21.5. The lowest BCUT2D eigenvalue weighted by Crippen LogP contribution is -2.52. The van der Waals surface area contributed by atoms with Gasteiger partial charge in [-0.1, -0.05) is 12.1 Å². The molecule has 5 nitrogen and oxygen atoms in total. The molecule has 0 radical (unpaired) electrons. The first-order chi connectivity index (χ1) is 14.5. The molecule has 0 aliphatic carbocycles. The van der Waals surface area contributed by atoms with Crippen molar-refractivity contribution in [3.63, 3.8) is 0 Å². The van der Waals surface area contributed by atoms with Gasteiger partial charge in [-0.2, -0.15) is 0 Å². The molecular formula is C23H30F2N2O3. The van der Waals surface area contributed by atoms with Gasteiger partial charge in [-0.3, -0.25) is 9.80 Å². The molecule has 2 aromatic carbocycles. The highest BCUT2D eigenvalue weighted by molar-refractivity contribution is 5.37. The second kappa shape index (κ2) is 10.8. The largest absolute Gasteiger partial charge is 0.494 e. The highest BCUT2D eigenvalue weighted by Crippen LogP contribution is 2.23. The van der Waals surface area contributed by atoms with Gasteiger partial charge in [0.2, 0.25) is 0 Å². The van der Waals surface area contributed by atoms with Gasteiger partial charge in [-0.25, -0.2) is 8.78 Å². The molecule has 164 valence electrons. The summed E-state index contributed by atoms with van der Waals surface area (Å²) in [6, 6.07) is 10.0. The normalized spacial score (nSPS) is 18.0. The summed E-state index contributed by atoms with van der Waals surface area (Å²) in [5.74, 6) is -0.966. The van der Waals surface area contributed by atoms with Crippen LogP contribution in [0.3, 0.4) is 0 Å². The Morgan fingerprint density at radius 3 is 2.47 bits per heavy atom. The molecule has 3 rings (SSSR count). The second-order valence-electron chi connectivity index (χ2n) is 7.65. The molecule has 1 unspecified atom stereocenters. The molecule has 0 amide bonds. The first-order valence-corrected chi connectivity index (χ1v) is 10.4. The van der Waals surface area contributed by atoms with E-state index in [-0.39, 0.29) is 19.3 Å². The Morgan fingerprint density at radius 2 is 1.77 bits per heavy atom. The lowest BCUT2D eigenvalue weighted by molar-refractivity contribution is 0.0498. The maximum absolute atomic E-state index is 13.6. The number of halogens is 2. The maximum Gasteiger partial charge on any atom is 0.159 e. The van der Waals surface area contributed by atoms with Gasteiger partial charge in [0.1, 0.15) is 5.75 Å². The van der Waals surface area contributed by atoms with E-state index < -0.39 is 11.6 Å². The van der Waals surface area contributed by atoms with E-state index in [1.54, 1.807) is 6.07 Å². The van der Waals surface area contributed by atoms with E-state index in [4.69, 9.17) is 4.74 Å². The fraction of sp³-hybridized carbons (Fsp3) is 0.478. The first kappa shape index (κ1) is 22.6. The molecule has 0 aromatic heterocycles. The third-order valence-electron chi connectivity index (χ3n) is 5.52. The van der Waals surface area contributed by atoms with E-state index >= 15 is 0 Å². The Kier molecular flexibility index (Phi) is 8.16. The molecule has 1 atom stereocenters. The van der Waals surface area contributed by atoms with Crippen LogP contribution in [0, 0.1) is 11.6 Å². The number of rotatable bonds is 9. The smallest absolute Gasteiger partial charge is 0.159 e. The van der Waals surface area contributed by atoms with Gasteiger partial charge in [0.25, 0.3) is 0 Å². The fourth-order valence-electron chi connectivity index (χ4n) is 4.01. The van der Waals surface area contributed by atoms with Crippen molar-refractivity contribution in [2.24, 2.45) is 0 Å². The van der Waals surface area contributed by atoms with Crippen molar-refractivity contribution in [2.45, 2.75) is 39.1 Å². The van der Waals surface area contributed by atoms with Gasteiger partial charge in [-0.15, -0.1) is 0 Å². The number of aliphatic hydroxyl groups is 2. The van der Waals surface area contributed by atoms with Gasteiger partial charge >= 0.3 is 0 Å². The third kappa shape index (κ3) is 5.76. The minimum absolute atomic E-state index is 0.0711. The SMILES string of the molecule is CCOc1ccc(CN2CCN(Cc3ccc(F)c(F)c3)C(CCO)C2)cc1CO. The van der Waals surface area contributed by atoms with E-state index in [0.29, 0.717) is 25.3 Å². The first-order valence-electron chi connectivity index (χ1n) is 10.4. The van der Waals surface area contributed by atoms with Crippen LogP contribution in [0.5, 0.6) is 5.75 Å². The summed E-state index contributed by atoms with van der Waals surface area (Å²) in [5, 5.41) is 19.1. The van der Waals surface area contributed by atoms with Crippen LogP contribution in [0.25, 0.3) is 0 Å². The third-order valence-corrected chi connectivity index (χ3v) is 5.52. The zero-order valence-electron chi connectivity index (χ0n) is 17.4. The standard InChI is InChI=1S/C23H30F2N2O3/c1-2-30-23-6-4-17(11-19(23)16-29)13-26-8-9-27(20(15-26)7-10-28)14-18-3-5-21(24)22(25)12-18/h3-6,11-12,20,28-29H,2,7-10,13-16H2,1H3. The monoisotopic (exact) mass is 420 g/mol. The van der Waals surface area contributed by atoms with Gasteiger partial charge in [-0.05, 0) is 48.7 Å². The number of ether oxygens (including phenoxy) is 1. The average Bonchev–Trinajstić information content (AvgIpc) is 2.74. The summed E-state index contributed by atoms with van der Waals surface area (Å²) in [6.45, 7) is 6.09. The van der Waals surface area contributed by atoms with Crippen molar-refractivity contribution < 1.29 is 23.7 Å². The highest BCUT2D eigenvalue weighted by Gasteiger charge is 2.27. The molecule has 0 saturated carbocycles. The van der Waals surface area contributed by atoms with Gasteiger partial charge in [0, 0.05) is 50.9 Å². The summed E-state index contributed by atoms with van der Waals surface area (Å²) in [5.41, 5.74) is 2.60. The van der Waals surface area contributed by atoms with Crippen LogP contribution in [0.15, 0.2) is 36.4 Å². The lowest BCUT2D eigenvalue weighted by Gasteiger charge is -2.41. The topological polar surface area (TPSA) is 56.2 Å². The van der Waals surface area contributed by atoms with E-state index in [0.717, 1.165) is 48.9 Å². The van der Waals surface area contributed by atoms with Crippen molar-refractivity contribution in [3.8, 4) is 5.75 Å². The predicted octanol–water partition coefficient (Wildman–Crippen LogP) is 2.92. The number of nitrogens with zero attached hydrogens (tertiary/aromatic N) is 2. The molecule has 1 fully saturated rings. The van der Waals surface area contributed by atoms with Crippen LogP contribution >= 0.6 is 0 Å². The van der Waals surface area contributed by atoms with Crippen LogP contribution in [0.2, 0.25) is 0 Å². The van der Waals surface area contributed by atoms with Crippen LogP contribution in [0.4, 0.5) is 8.78 Å². The number of piperazine rings is 1. The molecule has 0 bridgehead atoms. The summed E-state index contributed by atoms with van der Waals surface area (Å²) < 4.78 is 32.3. The molecule has 1 saturated heterocycles. The van der Waals surface area contributed by atoms with Crippen molar-refractivity contribution in [1.82, 2.24) is 9.80 Å². The number of aliphatic hydroxyl groups excluding tert-OH is 2. The van der Waals surface area contributed by atoms with E-state index in [1.807, 2.05) is 25.1 Å². The number of hydrogen-bond acceptors (Lipinski definition) is 5. The zero-order valence-corrected chi connectivity index (χ0v) is 17.4. The van der Waals surface area contributed by atoms with Gasteiger partial charge < -0.3 is 14.9 Å². The lowest BCUT2D eigenvalue weighted by atomic mass is 10.0. The fourth-order valence-corrected chi connectivity index (χ4v) is 4.01. The highest BCUT2D eigenvalue weighted by atomic mass is 19.2. The van der Waals surface area contributed by atoms with E-state index in [1.165, 1.54) is 6.07 Å². The summed E-state index contributed by atoms with van der Waals surface area (Å²) in [4.78, 5) is 4.54. The minimum atomic E-state index is -0.840. The molecule has 7 heteroatoms. The van der Waals surface area contributed by atoms with Crippen molar-refractivity contribution in [1.29, 1.82) is 0 Å². The van der Waals surface area contributed by atoms with E-state index in [2.05, 4.69) is 9.80 Å². The molecule has 1 aliphatic rings. The van der Waals surface area contributed by atoms with Gasteiger partial charge in [0.05, 0.1) is 13.2 Å².